The van der Waals surface area contributed by atoms with Crippen molar-refractivity contribution >= 4 is 11.3 Å². The Morgan fingerprint density at radius 1 is 1.04 bits per heavy atom. The predicted octanol–water partition coefficient (Wildman–Crippen LogP) is 4.72. The lowest BCUT2D eigenvalue weighted by atomic mass is 10.0. The van der Waals surface area contributed by atoms with Crippen molar-refractivity contribution in [3.63, 3.8) is 0 Å². The van der Waals surface area contributed by atoms with Crippen molar-refractivity contribution in [1.82, 2.24) is 0 Å². The maximum Gasteiger partial charge on any atom is 0.417 e. The number of alkyl halides is 3. The molecule has 0 saturated carbocycles. The van der Waals surface area contributed by atoms with Crippen molar-refractivity contribution in [2.24, 2.45) is 5.16 Å². The van der Waals surface area contributed by atoms with Crippen LogP contribution in [-0.2, 0) is 4.84 Å². The molecule has 0 bridgehead atoms. The van der Waals surface area contributed by atoms with Gasteiger partial charge in [0.2, 0.25) is 6.54 Å². The molecule has 0 aliphatic carbocycles. The minimum Gasteiger partial charge on any atom is -0.391 e. The summed E-state index contributed by atoms with van der Waals surface area (Å²) in [5, 5.41) is 14.5. The van der Waals surface area contributed by atoms with Gasteiger partial charge in [-0.1, -0.05) is 65.8 Å². The second kappa shape index (κ2) is 8.98. The number of hydrogen-bond acceptors (Lipinski definition) is 4. The Labute approximate surface area is 153 Å². The predicted molar refractivity (Wildman–Crippen MR) is 95.9 cm³/mol. The summed E-state index contributed by atoms with van der Waals surface area (Å²) in [5.74, 6) is 0. The molecule has 0 saturated heterocycles. The Bertz CT molecular complexity index is 832. The quantitative estimate of drug-likeness (QED) is 0.398. The summed E-state index contributed by atoms with van der Waals surface area (Å²) in [6.45, 7) is 0.246. The summed E-state index contributed by atoms with van der Waals surface area (Å²) in [5.41, 5.74) is -0.375. The van der Waals surface area contributed by atoms with Crippen LogP contribution in [0.3, 0.4) is 0 Å². The minimum absolute atomic E-state index is 0.0173. The molecule has 0 aliphatic rings. The van der Waals surface area contributed by atoms with Gasteiger partial charge in [0.15, 0.2) is 5.71 Å². The van der Waals surface area contributed by atoms with Crippen molar-refractivity contribution in [2.75, 3.05) is 13.2 Å². The Morgan fingerprint density at radius 3 is 2.04 bits per heavy atom. The largest absolute Gasteiger partial charge is 0.417 e. The maximum absolute atomic E-state index is 13.4. The number of halogens is 3. The van der Waals surface area contributed by atoms with Crippen LogP contribution in [0.1, 0.15) is 18.1 Å². The van der Waals surface area contributed by atoms with E-state index in [0.717, 1.165) is 0 Å². The molecular weight excluding hydrogens is 361 g/mol. The zero-order chi connectivity index (χ0) is 19.9. The summed E-state index contributed by atoms with van der Waals surface area (Å²) in [6, 6.07) is 15.7. The third kappa shape index (κ3) is 5.95. The number of nitrogens with zero attached hydrogens (tertiary/aromatic N) is 2. The highest BCUT2D eigenvalue weighted by molar-refractivity contribution is 6.01. The van der Waals surface area contributed by atoms with Gasteiger partial charge in [-0.25, -0.2) is 0 Å². The SMILES string of the molecule is C/C(CO/N=C(\C[N+](=O)[O-])c1ccccc1)=C(/c1ccccc1)C(F)(F)F. The van der Waals surface area contributed by atoms with Gasteiger partial charge in [-0.2, -0.15) is 13.2 Å². The average molecular weight is 378 g/mol. The number of hydrogen-bond donors (Lipinski definition) is 0. The molecular formula is C19H17F3N2O3. The lowest BCUT2D eigenvalue weighted by Gasteiger charge is -2.15. The van der Waals surface area contributed by atoms with Gasteiger partial charge >= 0.3 is 6.18 Å². The van der Waals surface area contributed by atoms with E-state index in [9.17, 15) is 23.3 Å². The molecule has 27 heavy (non-hydrogen) atoms. The van der Waals surface area contributed by atoms with Crippen LogP contribution >= 0.6 is 0 Å². The standard InChI is InChI=1S/C19H17F3N2O3/c1-14(18(19(20,21)22)16-10-6-3-7-11-16)13-27-23-17(12-24(25)26)15-8-4-2-5-9-15/h2-11H,12-13H2,1H3/b18-14+,23-17+. The van der Waals surface area contributed by atoms with Crippen LogP contribution in [-0.4, -0.2) is 30.0 Å². The van der Waals surface area contributed by atoms with Gasteiger partial charge < -0.3 is 4.84 Å². The summed E-state index contributed by atoms with van der Waals surface area (Å²) in [6.07, 6.45) is -4.57. The van der Waals surface area contributed by atoms with E-state index in [4.69, 9.17) is 4.84 Å². The van der Waals surface area contributed by atoms with E-state index >= 15 is 0 Å². The second-order valence-electron chi connectivity index (χ2n) is 5.69. The summed E-state index contributed by atoms with van der Waals surface area (Å²) in [7, 11) is 0. The van der Waals surface area contributed by atoms with Gasteiger partial charge in [-0.3, -0.25) is 10.1 Å². The fourth-order valence-electron chi connectivity index (χ4n) is 2.46. The van der Waals surface area contributed by atoms with E-state index < -0.39 is 29.8 Å². The molecule has 0 fully saturated rings. The number of allylic oxidation sites excluding steroid dienone is 1. The van der Waals surface area contributed by atoms with Crippen LogP contribution in [0.5, 0.6) is 0 Å². The van der Waals surface area contributed by atoms with Crippen LogP contribution in [0.15, 0.2) is 71.4 Å². The van der Waals surface area contributed by atoms with Crippen LogP contribution in [0.4, 0.5) is 13.2 Å². The molecule has 0 N–H and O–H groups in total. The number of benzene rings is 2. The Morgan fingerprint density at radius 2 is 1.56 bits per heavy atom. The molecule has 0 aromatic heterocycles. The number of nitro groups is 1. The Hall–Kier alpha value is -3.16. The van der Waals surface area contributed by atoms with E-state index in [1.807, 2.05) is 0 Å². The smallest absolute Gasteiger partial charge is 0.391 e. The normalized spacial score (nSPS) is 13.1. The van der Waals surface area contributed by atoms with Crippen LogP contribution in [0.2, 0.25) is 0 Å². The van der Waals surface area contributed by atoms with E-state index in [1.54, 1.807) is 36.4 Å². The van der Waals surface area contributed by atoms with E-state index in [0.29, 0.717) is 5.56 Å². The van der Waals surface area contributed by atoms with Crippen LogP contribution in [0.25, 0.3) is 5.57 Å². The molecule has 0 heterocycles. The Balaban J connectivity index is 2.26. The first-order valence-corrected chi connectivity index (χ1v) is 7.97. The molecule has 0 unspecified atom stereocenters. The number of oxime groups is 1. The van der Waals surface area contributed by atoms with Gasteiger partial charge in [0.25, 0.3) is 0 Å². The van der Waals surface area contributed by atoms with Crippen molar-refractivity contribution in [3.8, 4) is 0 Å². The molecule has 142 valence electrons. The van der Waals surface area contributed by atoms with Gasteiger partial charge in [-0.15, -0.1) is 0 Å². The highest BCUT2D eigenvalue weighted by atomic mass is 19.4. The third-order valence-corrected chi connectivity index (χ3v) is 3.61. The monoisotopic (exact) mass is 378 g/mol. The molecule has 2 aromatic carbocycles. The fraction of sp³-hybridized carbons (Fsp3) is 0.211. The topological polar surface area (TPSA) is 64.7 Å². The molecule has 0 spiro atoms. The molecule has 5 nitrogen and oxygen atoms in total. The highest BCUT2D eigenvalue weighted by Crippen LogP contribution is 2.36. The van der Waals surface area contributed by atoms with Gasteiger partial charge in [0, 0.05) is 10.5 Å². The van der Waals surface area contributed by atoms with E-state index in [2.05, 4.69) is 5.16 Å². The van der Waals surface area contributed by atoms with Crippen molar-refractivity contribution in [1.29, 1.82) is 0 Å². The zero-order valence-corrected chi connectivity index (χ0v) is 14.4. The molecule has 2 aromatic rings. The van der Waals surface area contributed by atoms with Crippen LogP contribution in [0, 0.1) is 10.1 Å². The van der Waals surface area contributed by atoms with E-state index in [1.165, 1.54) is 31.2 Å². The molecule has 0 atom stereocenters. The fourth-order valence-corrected chi connectivity index (χ4v) is 2.46. The lowest BCUT2D eigenvalue weighted by molar-refractivity contribution is -0.463. The molecule has 0 aliphatic heterocycles. The van der Waals surface area contributed by atoms with Crippen molar-refractivity contribution < 1.29 is 22.9 Å². The number of rotatable bonds is 7. The van der Waals surface area contributed by atoms with Gasteiger partial charge in [0.1, 0.15) is 6.61 Å². The highest BCUT2D eigenvalue weighted by Gasteiger charge is 2.36. The first-order chi connectivity index (χ1) is 12.8. The van der Waals surface area contributed by atoms with Crippen molar-refractivity contribution in [3.05, 3.63) is 87.5 Å². The van der Waals surface area contributed by atoms with Crippen molar-refractivity contribution in [2.45, 2.75) is 13.1 Å². The summed E-state index contributed by atoms with van der Waals surface area (Å²) >= 11 is 0. The second-order valence-corrected chi connectivity index (χ2v) is 5.69. The molecule has 0 amide bonds. The molecule has 2 rings (SSSR count). The third-order valence-electron chi connectivity index (χ3n) is 3.61. The zero-order valence-electron chi connectivity index (χ0n) is 14.4. The van der Waals surface area contributed by atoms with Gasteiger partial charge in [-0.05, 0) is 18.1 Å². The molecule has 0 radical (unpaired) electrons. The summed E-state index contributed by atoms with van der Waals surface area (Å²) in [4.78, 5) is 15.3. The first kappa shape index (κ1) is 20.2. The maximum atomic E-state index is 13.4. The lowest BCUT2D eigenvalue weighted by Crippen LogP contribution is -2.17. The summed E-state index contributed by atoms with van der Waals surface area (Å²) < 4.78 is 40.3. The minimum atomic E-state index is -4.57. The first-order valence-electron chi connectivity index (χ1n) is 7.97. The average Bonchev–Trinajstić information content (AvgIpc) is 2.61. The van der Waals surface area contributed by atoms with Crippen LogP contribution < -0.4 is 0 Å². The Kier molecular flexibility index (Phi) is 6.70. The van der Waals surface area contributed by atoms with Gasteiger partial charge in [0.05, 0.1) is 5.57 Å². The molecule has 8 heteroatoms. The van der Waals surface area contributed by atoms with E-state index in [-0.39, 0.29) is 16.8 Å².